The Balaban J connectivity index is 0.000000195. The molecule has 1 aliphatic rings. The lowest BCUT2D eigenvalue weighted by molar-refractivity contribution is -0.0501. The molecule has 0 radical (unpaired) electrons. The van der Waals surface area contributed by atoms with Crippen LogP contribution in [0.1, 0.15) is 73.4 Å². The molecule has 0 amide bonds. The van der Waals surface area contributed by atoms with E-state index < -0.39 is 38.2 Å². The first kappa shape index (κ1) is 49.7. The van der Waals surface area contributed by atoms with Crippen LogP contribution < -0.4 is 18.4 Å². The van der Waals surface area contributed by atoms with Gasteiger partial charge in [-0.15, -0.1) is 0 Å². The largest absolute Gasteiger partial charge is 0.534 e. The van der Waals surface area contributed by atoms with Gasteiger partial charge in [-0.05, 0) is 175 Å². The molecule has 368 valence electrons. The second-order valence-electron chi connectivity index (χ2n) is 21.0. The molecule has 0 heterocycles. The van der Waals surface area contributed by atoms with E-state index >= 15 is 0 Å². The smallest absolute Gasteiger partial charge is 0.484 e. The fourth-order valence-corrected chi connectivity index (χ4v) is 9.85. The highest BCUT2D eigenvalue weighted by Gasteiger charge is 2.49. The molecule has 0 unspecified atom stereocenters. The maximum atomic E-state index is 12.9. The van der Waals surface area contributed by atoms with Gasteiger partial charge in [-0.25, -0.2) is 0 Å². The van der Waals surface area contributed by atoms with Crippen LogP contribution in [0.15, 0.2) is 170 Å². The van der Waals surface area contributed by atoms with E-state index in [9.17, 15) is 21.6 Å². The monoisotopic (exact) mass is 986 g/mol. The summed E-state index contributed by atoms with van der Waals surface area (Å²) in [6.45, 7) is 15.4. The van der Waals surface area contributed by atoms with Gasteiger partial charge in [0.2, 0.25) is 11.5 Å². The van der Waals surface area contributed by atoms with E-state index in [-0.39, 0.29) is 17.2 Å². The van der Waals surface area contributed by atoms with E-state index in [1.165, 1.54) is 94.0 Å². The lowest BCUT2D eigenvalue weighted by atomic mass is 9.79. The van der Waals surface area contributed by atoms with E-state index in [0.717, 1.165) is 12.5 Å². The summed E-state index contributed by atoms with van der Waals surface area (Å²) in [5.41, 5.74) is 5.35. The van der Waals surface area contributed by atoms with Crippen molar-refractivity contribution >= 4 is 42.4 Å². The second-order valence-corrected chi connectivity index (χ2v) is 22.5. The third kappa shape index (κ3) is 10.2. The zero-order valence-corrected chi connectivity index (χ0v) is 42.7. The molecular formula is C62H57F3O6S. The molecule has 0 saturated heterocycles. The van der Waals surface area contributed by atoms with Crippen LogP contribution in [0.25, 0.3) is 76.8 Å². The van der Waals surface area contributed by atoms with Crippen molar-refractivity contribution in [3.8, 4) is 67.5 Å². The molecule has 0 saturated carbocycles. The molecule has 9 aromatic carbocycles. The molecular weight excluding hydrogens is 930 g/mol. The van der Waals surface area contributed by atoms with Gasteiger partial charge in [0.1, 0.15) is 16.8 Å². The summed E-state index contributed by atoms with van der Waals surface area (Å²) in [6.07, 6.45) is 0.928. The van der Waals surface area contributed by atoms with Crippen LogP contribution in [-0.4, -0.2) is 30.7 Å². The molecule has 10 rings (SSSR count). The normalized spacial score (nSPS) is 12.8. The highest BCUT2D eigenvalue weighted by Crippen LogP contribution is 2.54. The van der Waals surface area contributed by atoms with Crippen molar-refractivity contribution < 1.29 is 40.0 Å². The van der Waals surface area contributed by atoms with Gasteiger partial charge in [-0.3, -0.25) is 0 Å². The van der Waals surface area contributed by atoms with Crippen LogP contribution in [0.4, 0.5) is 13.2 Å². The number of hydrogen-bond acceptors (Lipinski definition) is 6. The summed E-state index contributed by atoms with van der Waals surface area (Å²) in [6, 6.07) is 60.6. The van der Waals surface area contributed by atoms with Crippen molar-refractivity contribution in [2.75, 3.05) is 0 Å². The maximum absolute atomic E-state index is 12.9. The standard InChI is InChI=1S/C43H28.C19H29F3O6S/c1-5-19-32-28(12-1)16-9-23-36(32)41-27-39-35-22-8-4-15-31(35)26-40(39)42(37-24-10-17-29-13-2-6-20-33(29)37)43(41)38-25-11-18-30-14-3-7-21-34(30)38;1-16(2,3)25-12-10-11-13(28-29(23,24)19(20,21)22)15(27-18(7,8)9)14(12)26-17(4,5)6/h1-25,27H,26H2;10-11H,1-9H3. The molecule has 0 aliphatic heterocycles. The molecule has 0 N–H and O–H groups in total. The third-order valence-electron chi connectivity index (χ3n) is 12.1. The Kier molecular flexibility index (Phi) is 12.9. The Morgan fingerprint density at radius 1 is 0.403 bits per heavy atom. The first-order valence-electron chi connectivity index (χ1n) is 23.9. The molecule has 0 aromatic heterocycles. The zero-order chi connectivity index (χ0) is 51.4. The van der Waals surface area contributed by atoms with E-state index in [0.29, 0.717) is 0 Å². The van der Waals surface area contributed by atoms with Crippen molar-refractivity contribution in [3.05, 3.63) is 181 Å². The summed E-state index contributed by atoms with van der Waals surface area (Å²) >= 11 is 0. The fourth-order valence-electron chi connectivity index (χ4n) is 9.39. The van der Waals surface area contributed by atoms with Crippen LogP contribution in [0.5, 0.6) is 23.0 Å². The maximum Gasteiger partial charge on any atom is 0.534 e. The second kappa shape index (κ2) is 18.7. The van der Waals surface area contributed by atoms with Crippen LogP contribution in [0, 0.1) is 0 Å². The van der Waals surface area contributed by atoms with Crippen molar-refractivity contribution in [3.63, 3.8) is 0 Å². The number of halogens is 3. The van der Waals surface area contributed by atoms with E-state index in [2.05, 4.69) is 162 Å². The Morgan fingerprint density at radius 2 is 0.806 bits per heavy atom. The SMILES string of the molecule is CC(C)(C)Oc1ccc(OS(=O)(=O)C(F)(F)F)c(OC(C)(C)C)c1OC(C)(C)C.c1ccc2c(c1)Cc1c-2cc(-c2cccc3ccccc23)c(-c2cccc3ccccc23)c1-c1cccc2ccccc12. The van der Waals surface area contributed by atoms with Crippen LogP contribution in [0.3, 0.4) is 0 Å². The highest BCUT2D eigenvalue weighted by molar-refractivity contribution is 7.88. The van der Waals surface area contributed by atoms with Crippen LogP contribution in [0.2, 0.25) is 0 Å². The molecule has 10 heteroatoms. The average Bonchev–Trinajstić information content (AvgIpc) is 3.69. The number of fused-ring (bicyclic) bond motifs is 6. The number of benzene rings is 9. The predicted octanol–water partition coefficient (Wildman–Crippen LogP) is 17.2. The minimum atomic E-state index is -5.91. The lowest BCUT2D eigenvalue weighted by Gasteiger charge is -2.31. The Bertz CT molecular complexity index is 3620. The molecule has 72 heavy (non-hydrogen) atoms. The molecule has 0 bridgehead atoms. The molecule has 0 atom stereocenters. The van der Waals surface area contributed by atoms with Gasteiger partial charge >= 0.3 is 15.6 Å². The summed E-state index contributed by atoms with van der Waals surface area (Å²) < 4.78 is 83.6. The minimum Gasteiger partial charge on any atom is -0.484 e. The average molecular weight is 987 g/mol. The quantitative estimate of drug-likeness (QED) is 0.112. The fraction of sp³-hybridized carbons (Fsp3) is 0.226. The number of alkyl halides is 3. The first-order valence-corrected chi connectivity index (χ1v) is 25.3. The van der Waals surface area contributed by atoms with Gasteiger partial charge in [-0.1, -0.05) is 152 Å². The number of hydrogen-bond donors (Lipinski definition) is 0. The van der Waals surface area contributed by atoms with E-state index in [1.54, 1.807) is 62.3 Å². The Labute approximate surface area is 420 Å². The van der Waals surface area contributed by atoms with Crippen molar-refractivity contribution in [1.29, 1.82) is 0 Å². The van der Waals surface area contributed by atoms with Gasteiger partial charge in [0, 0.05) is 0 Å². The van der Waals surface area contributed by atoms with Gasteiger partial charge in [0.25, 0.3) is 0 Å². The van der Waals surface area contributed by atoms with Crippen molar-refractivity contribution in [1.82, 2.24) is 0 Å². The van der Waals surface area contributed by atoms with Gasteiger partial charge < -0.3 is 18.4 Å². The topological polar surface area (TPSA) is 71.1 Å². The van der Waals surface area contributed by atoms with Gasteiger partial charge in [-0.2, -0.15) is 21.6 Å². The molecule has 0 spiro atoms. The van der Waals surface area contributed by atoms with E-state index in [1.807, 2.05) is 0 Å². The number of rotatable bonds is 8. The van der Waals surface area contributed by atoms with Crippen LogP contribution in [-0.2, 0) is 16.5 Å². The van der Waals surface area contributed by atoms with Crippen molar-refractivity contribution in [2.24, 2.45) is 0 Å². The molecule has 1 aliphatic carbocycles. The van der Waals surface area contributed by atoms with Crippen LogP contribution >= 0.6 is 0 Å². The van der Waals surface area contributed by atoms with Crippen molar-refractivity contribution in [2.45, 2.75) is 91.0 Å². The summed E-state index contributed by atoms with van der Waals surface area (Å²) in [5.74, 6) is -0.847. The highest BCUT2D eigenvalue weighted by atomic mass is 32.2. The minimum absolute atomic E-state index is 0.0581. The predicted molar refractivity (Wildman–Crippen MR) is 287 cm³/mol. The summed E-state index contributed by atoms with van der Waals surface area (Å²) in [5, 5.41) is 7.64. The first-order chi connectivity index (χ1) is 34.0. The summed E-state index contributed by atoms with van der Waals surface area (Å²) in [7, 11) is -5.91. The molecule has 0 fully saturated rings. The summed E-state index contributed by atoms with van der Waals surface area (Å²) in [4.78, 5) is 0. The number of ether oxygens (including phenoxy) is 3. The zero-order valence-electron chi connectivity index (χ0n) is 41.9. The molecule has 9 aromatic rings. The van der Waals surface area contributed by atoms with Gasteiger partial charge in [0.15, 0.2) is 11.5 Å². The Morgan fingerprint density at radius 3 is 1.32 bits per heavy atom. The molecule has 6 nitrogen and oxygen atoms in total. The third-order valence-corrected chi connectivity index (χ3v) is 13.0. The van der Waals surface area contributed by atoms with E-state index in [4.69, 9.17) is 14.2 Å². The van der Waals surface area contributed by atoms with Gasteiger partial charge in [0.05, 0.1) is 0 Å². The Hall–Kier alpha value is -7.30. The lowest BCUT2D eigenvalue weighted by Crippen LogP contribution is -2.30.